The van der Waals surface area contributed by atoms with Gasteiger partial charge in [0.25, 0.3) is 0 Å². The molecule has 25 heavy (non-hydrogen) atoms. The molecule has 0 N–H and O–H groups in total. The summed E-state index contributed by atoms with van der Waals surface area (Å²) < 4.78 is 7.56. The first-order chi connectivity index (χ1) is 12.1. The number of rotatable bonds is 3. The molecular weight excluding hydrogens is 340 g/mol. The van der Waals surface area contributed by atoms with Gasteiger partial charge in [-0.25, -0.2) is 4.98 Å². The van der Waals surface area contributed by atoms with E-state index in [2.05, 4.69) is 10.1 Å². The Morgan fingerprint density at radius 2 is 2.16 bits per heavy atom. The van der Waals surface area contributed by atoms with Crippen molar-refractivity contribution >= 4 is 28.6 Å². The third-order valence-electron chi connectivity index (χ3n) is 4.62. The predicted octanol–water partition coefficient (Wildman–Crippen LogP) is 3.39. The van der Waals surface area contributed by atoms with E-state index in [1.54, 1.807) is 16.9 Å². The number of carbonyl (C=O) groups excluding carboxylic acids is 1. The predicted molar refractivity (Wildman–Crippen MR) is 94.5 cm³/mol. The molecule has 1 saturated heterocycles. The fraction of sp³-hybridized carbons (Fsp3) is 0.389. The number of hydrogen-bond acceptors (Lipinski definition) is 4. The Hall–Kier alpha value is -2.34. The maximum absolute atomic E-state index is 12.4. The standard InChI is InChI=1S/C18H19ClN4O2/c1-12-9-20-23(10-12)11-17(24)22-6-4-13(5-7-22)18-21-15-8-14(19)2-3-16(15)25-18/h2-3,8-10,13H,4-7,11H2,1H3. The lowest BCUT2D eigenvalue weighted by Crippen LogP contribution is -2.39. The lowest BCUT2D eigenvalue weighted by molar-refractivity contribution is -0.133. The first kappa shape index (κ1) is 16.1. The van der Waals surface area contributed by atoms with Gasteiger partial charge < -0.3 is 9.32 Å². The van der Waals surface area contributed by atoms with E-state index in [-0.39, 0.29) is 11.8 Å². The molecule has 1 aliphatic rings. The average molecular weight is 359 g/mol. The summed E-state index contributed by atoms with van der Waals surface area (Å²) in [6, 6.07) is 5.46. The van der Waals surface area contributed by atoms with E-state index in [9.17, 15) is 4.79 Å². The average Bonchev–Trinajstić information content (AvgIpc) is 3.20. The van der Waals surface area contributed by atoms with Gasteiger partial charge in [-0.1, -0.05) is 11.6 Å². The molecule has 0 atom stereocenters. The lowest BCUT2D eigenvalue weighted by atomic mass is 9.97. The van der Waals surface area contributed by atoms with Crippen LogP contribution in [0.15, 0.2) is 35.0 Å². The minimum atomic E-state index is 0.103. The van der Waals surface area contributed by atoms with Gasteiger partial charge in [-0.05, 0) is 43.5 Å². The van der Waals surface area contributed by atoms with Crippen LogP contribution in [0.25, 0.3) is 11.1 Å². The van der Waals surface area contributed by atoms with Crippen molar-refractivity contribution in [1.82, 2.24) is 19.7 Å². The molecule has 0 spiro atoms. The van der Waals surface area contributed by atoms with Crippen LogP contribution in [0, 0.1) is 6.92 Å². The van der Waals surface area contributed by atoms with Crippen LogP contribution in [0.3, 0.4) is 0 Å². The molecule has 0 aliphatic carbocycles. The van der Waals surface area contributed by atoms with Crippen molar-refractivity contribution in [2.24, 2.45) is 0 Å². The Bertz CT molecular complexity index is 909. The Morgan fingerprint density at radius 3 is 2.88 bits per heavy atom. The molecule has 1 amide bonds. The number of carbonyl (C=O) groups is 1. The van der Waals surface area contributed by atoms with Crippen molar-refractivity contribution < 1.29 is 9.21 Å². The van der Waals surface area contributed by atoms with Crippen molar-refractivity contribution in [2.45, 2.75) is 32.2 Å². The van der Waals surface area contributed by atoms with Crippen molar-refractivity contribution in [3.63, 3.8) is 0 Å². The molecule has 0 saturated carbocycles. The molecule has 2 aromatic heterocycles. The summed E-state index contributed by atoms with van der Waals surface area (Å²) in [7, 11) is 0. The number of aromatic nitrogens is 3. The van der Waals surface area contributed by atoms with Gasteiger partial charge in [0, 0.05) is 30.2 Å². The van der Waals surface area contributed by atoms with Gasteiger partial charge in [-0.2, -0.15) is 5.10 Å². The minimum Gasteiger partial charge on any atom is -0.440 e. The first-order valence-electron chi connectivity index (χ1n) is 8.41. The summed E-state index contributed by atoms with van der Waals surface area (Å²) in [6.45, 7) is 3.68. The molecule has 3 aromatic rings. The maximum Gasteiger partial charge on any atom is 0.244 e. The molecule has 4 rings (SSSR count). The zero-order valence-corrected chi connectivity index (χ0v) is 14.7. The van der Waals surface area contributed by atoms with Crippen molar-refractivity contribution in [2.75, 3.05) is 13.1 Å². The third kappa shape index (κ3) is 3.39. The molecule has 1 aliphatic heterocycles. The summed E-state index contributed by atoms with van der Waals surface area (Å²) in [5.74, 6) is 1.08. The second-order valence-electron chi connectivity index (χ2n) is 6.53. The summed E-state index contributed by atoms with van der Waals surface area (Å²) in [6.07, 6.45) is 5.35. The van der Waals surface area contributed by atoms with E-state index in [1.807, 2.05) is 30.2 Å². The van der Waals surface area contributed by atoms with Gasteiger partial charge in [-0.15, -0.1) is 0 Å². The zero-order chi connectivity index (χ0) is 17.4. The van der Waals surface area contributed by atoms with Gasteiger partial charge in [0.2, 0.25) is 5.91 Å². The molecule has 130 valence electrons. The number of aryl methyl sites for hydroxylation is 1. The Morgan fingerprint density at radius 1 is 1.36 bits per heavy atom. The highest BCUT2D eigenvalue weighted by Crippen LogP contribution is 2.30. The number of oxazole rings is 1. The summed E-state index contributed by atoms with van der Waals surface area (Å²) in [5.41, 5.74) is 2.60. The highest BCUT2D eigenvalue weighted by Gasteiger charge is 2.27. The molecular formula is C18H19ClN4O2. The normalized spacial score (nSPS) is 15.8. The first-order valence-corrected chi connectivity index (χ1v) is 8.79. The second kappa shape index (κ2) is 6.52. The number of benzene rings is 1. The quantitative estimate of drug-likeness (QED) is 0.719. The van der Waals surface area contributed by atoms with E-state index in [0.29, 0.717) is 24.7 Å². The van der Waals surface area contributed by atoms with E-state index in [1.165, 1.54) is 0 Å². The Labute approximate surface area is 150 Å². The number of amides is 1. The number of piperidine rings is 1. The van der Waals surface area contributed by atoms with Crippen LogP contribution < -0.4 is 0 Å². The van der Waals surface area contributed by atoms with E-state index >= 15 is 0 Å². The molecule has 3 heterocycles. The van der Waals surface area contributed by atoms with Gasteiger partial charge >= 0.3 is 0 Å². The van der Waals surface area contributed by atoms with Gasteiger partial charge in [0.15, 0.2) is 11.5 Å². The monoisotopic (exact) mass is 358 g/mol. The molecule has 0 bridgehead atoms. The van der Waals surface area contributed by atoms with Crippen LogP contribution in [0.1, 0.15) is 30.2 Å². The molecule has 1 aromatic carbocycles. The van der Waals surface area contributed by atoms with Crippen LogP contribution in [-0.2, 0) is 11.3 Å². The van der Waals surface area contributed by atoms with Gasteiger partial charge in [-0.3, -0.25) is 9.48 Å². The fourth-order valence-electron chi connectivity index (χ4n) is 3.26. The molecule has 1 fully saturated rings. The Balaban J connectivity index is 1.39. The summed E-state index contributed by atoms with van der Waals surface area (Å²) in [5, 5.41) is 4.83. The van der Waals surface area contributed by atoms with Crippen LogP contribution in [0.4, 0.5) is 0 Å². The van der Waals surface area contributed by atoms with Crippen LogP contribution in [0.5, 0.6) is 0 Å². The van der Waals surface area contributed by atoms with E-state index < -0.39 is 0 Å². The van der Waals surface area contributed by atoms with Crippen LogP contribution >= 0.6 is 11.6 Å². The van der Waals surface area contributed by atoms with Crippen molar-refractivity contribution in [3.8, 4) is 0 Å². The number of nitrogens with zero attached hydrogens (tertiary/aromatic N) is 4. The smallest absolute Gasteiger partial charge is 0.244 e. The highest BCUT2D eigenvalue weighted by atomic mass is 35.5. The SMILES string of the molecule is Cc1cnn(CC(=O)N2CCC(c3nc4cc(Cl)ccc4o3)CC2)c1. The third-order valence-corrected chi connectivity index (χ3v) is 4.86. The van der Waals surface area contributed by atoms with Crippen molar-refractivity contribution in [3.05, 3.63) is 47.1 Å². The van der Waals surface area contributed by atoms with Gasteiger partial charge in [0.1, 0.15) is 12.1 Å². The summed E-state index contributed by atoms with van der Waals surface area (Å²) in [4.78, 5) is 18.9. The molecule has 6 nitrogen and oxygen atoms in total. The minimum absolute atomic E-state index is 0.103. The topological polar surface area (TPSA) is 64.2 Å². The zero-order valence-electron chi connectivity index (χ0n) is 14.0. The number of hydrogen-bond donors (Lipinski definition) is 0. The highest BCUT2D eigenvalue weighted by molar-refractivity contribution is 6.31. The van der Waals surface area contributed by atoms with E-state index in [4.69, 9.17) is 16.0 Å². The number of fused-ring (bicyclic) bond motifs is 1. The molecule has 0 unspecified atom stereocenters. The molecule has 7 heteroatoms. The maximum atomic E-state index is 12.4. The van der Waals surface area contributed by atoms with Crippen LogP contribution in [0.2, 0.25) is 5.02 Å². The largest absolute Gasteiger partial charge is 0.440 e. The molecule has 0 radical (unpaired) electrons. The van der Waals surface area contributed by atoms with Gasteiger partial charge in [0.05, 0.1) is 6.20 Å². The second-order valence-corrected chi connectivity index (χ2v) is 6.97. The fourth-order valence-corrected chi connectivity index (χ4v) is 3.43. The Kier molecular flexibility index (Phi) is 4.21. The van der Waals surface area contributed by atoms with Crippen molar-refractivity contribution in [1.29, 1.82) is 0 Å². The number of likely N-dealkylation sites (tertiary alicyclic amines) is 1. The van der Waals surface area contributed by atoms with Crippen LogP contribution in [-0.4, -0.2) is 38.7 Å². The summed E-state index contributed by atoms with van der Waals surface area (Å²) >= 11 is 6.00. The number of halogens is 1. The van der Waals surface area contributed by atoms with E-state index in [0.717, 1.165) is 35.4 Å². The lowest BCUT2D eigenvalue weighted by Gasteiger charge is -2.30.